The predicted molar refractivity (Wildman–Crippen MR) is 184 cm³/mol. The molecule has 0 unspecified atom stereocenters. The lowest BCUT2D eigenvalue weighted by molar-refractivity contribution is 0.591. The van der Waals surface area contributed by atoms with Crippen LogP contribution >= 0.6 is 0 Å². The van der Waals surface area contributed by atoms with E-state index in [1.54, 1.807) is 0 Å². The summed E-state index contributed by atoms with van der Waals surface area (Å²) in [5, 5.41) is 7.65. The molecule has 214 valence electrons. The molecule has 4 nitrogen and oxygen atoms in total. The molecule has 0 bridgehead atoms. The Morgan fingerprint density at radius 3 is 1.47 bits per heavy atom. The topological polar surface area (TPSA) is 49.8 Å². The van der Waals surface area contributed by atoms with Crippen LogP contribution < -0.4 is 27.0 Å². The van der Waals surface area contributed by atoms with Gasteiger partial charge in [-0.25, -0.2) is 0 Å². The highest BCUT2D eigenvalue weighted by Gasteiger charge is 2.39. The largest absolute Gasteiger partial charge is 0.356 e. The molecule has 0 atom stereocenters. The van der Waals surface area contributed by atoms with Crippen molar-refractivity contribution in [3.05, 3.63) is 102 Å². The number of pyridine rings is 2. The molecule has 43 heavy (non-hydrogen) atoms. The van der Waals surface area contributed by atoms with E-state index in [0.29, 0.717) is 11.8 Å². The third-order valence-corrected chi connectivity index (χ3v) is 9.09. The standard InChI is InChI=1S/C38H39BN4/c1-22(2)24-12-14-40-33(18-24)26-8-10-31-29(16-26)39-30-17-27(34-19-25(23(3)4)13-15-41-34)9-11-32(30)43-36-21-28(38(5,6)7)20-35(42-31)37(36)39/h8-23,42-43H,1-7H3. The van der Waals surface area contributed by atoms with E-state index in [4.69, 9.17) is 9.97 Å². The van der Waals surface area contributed by atoms with Crippen LogP contribution in [0.1, 0.15) is 77.0 Å². The van der Waals surface area contributed by atoms with Gasteiger partial charge in [0.25, 0.3) is 6.71 Å². The number of hydrogen-bond acceptors (Lipinski definition) is 4. The predicted octanol–water partition coefficient (Wildman–Crippen LogP) is 7.99. The number of aromatic nitrogens is 2. The third kappa shape index (κ3) is 4.81. The minimum absolute atomic E-state index is 0.0266. The van der Waals surface area contributed by atoms with E-state index < -0.39 is 0 Å². The van der Waals surface area contributed by atoms with Crippen molar-refractivity contribution in [2.24, 2.45) is 0 Å². The second-order valence-corrected chi connectivity index (χ2v) is 13.8. The number of nitrogens with one attached hydrogen (secondary N) is 2. The average molecular weight is 563 g/mol. The Kier molecular flexibility index (Phi) is 6.46. The summed E-state index contributed by atoms with van der Waals surface area (Å²) in [4.78, 5) is 9.57. The summed E-state index contributed by atoms with van der Waals surface area (Å²) in [7, 11) is 0. The number of hydrogen-bond donors (Lipinski definition) is 2. The first-order chi connectivity index (χ1) is 20.6. The molecule has 2 aliphatic heterocycles. The van der Waals surface area contributed by atoms with Crippen molar-refractivity contribution in [3.63, 3.8) is 0 Å². The molecule has 0 saturated carbocycles. The molecule has 3 aromatic carbocycles. The van der Waals surface area contributed by atoms with Crippen LogP contribution in [0.15, 0.2) is 85.2 Å². The van der Waals surface area contributed by atoms with Crippen molar-refractivity contribution >= 4 is 45.9 Å². The zero-order chi connectivity index (χ0) is 30.0. The van der Waals surface area contributed by atoms with Crippen molar-refractivity contribution in [2.45, 2.75) is 65.7 Å². The lowest BCUT2D eigenvalue weighted by Crippen LogP contribution is -2.59. The first kappa shape index (κ1) is 27.5. The van der Waals surface area contributed by atoms with E-state index in [2.05, 4.69) is 132 Å². The van der Waals surface area contributed by atoms with Crippen LogP contribution in [0.5, 0.6) is 0 Å². The van der Waals surface area contributed by atoms with Crippen LogP contribution in [0.25, 0.3) is 22.5 Å². The lowest BCUT2D eigenvalue weighted by atomic mass is 9.33. The highest BCUT2D eigenvalue weighted by molar-refractivity contribution is 7.00. The number of nitrogens with zero attached hydrogens (tertiary/aromatic N) is 2. The van der Waals surface area contributed by atoms with Gasteiger partial charge in [-0.1, -0.05) is 72.7 Å². The smallest absolute Gasteiger partial charge is 0.252 e. The molecule has 5 heteroatoms. The van der Waals surface area contributed by atoms with E-state index in [0.717, 1.165) is 33.9 Å². The molecule has 0 amide bonds. The number of anilines is 4. The third-order valence-electron chi connectivity index (χ3n) is 9.09. The van der Waals surface area contributed by atoms with Gasteiger partial charge in [-0.2, -0.15) is 0 Å². The molecular weight excluding hydrogens is 523 g/mol. The Labute approximate surface area is 256 Å². The summed E-state index contributed by atoms with van der Waals surface area (Å²) >= 11 is 0. The van der Waals surface area contributed by atoms with Crippen LogP contribution in [0, 0.1) is 0 Å². The van der Waals surface area contributed by atoms with Crippen molar-refractivity contribution in [1.29, 1.82) is 0 Å². The number of rotatable bonds is 4. The van der Waals surface area contributed by atoms with Crippen LogP contribution in [-0.2, 0) is 5.41 Å². The first-order valence-corrected chi connectivity index (χ1v) is 15.5. The Morgan fingerprint density at radius 1 is 0.581 bits per heavy atom. The molecule has 7 rings (SSSR count). The maximum atomic E-state index is 4.79. The fraction of sp³-hybridized carbons (Fsp3) is 0.263. The summed E-state index contributed by atoms with van der Waals surface area (Å²) < 4.78 is 0. The molecule has 4 heterocycles. The van der Waals surface area contributed by atoms with Crippen LogP contribution in [-0.4, -0.2) is 16.7 Å². The SMILES string of the molecule is CC(C)c1ccnc(-c2ccc3c(c2)B2c4cc(-c5cc(C(C)C)ccn5)ccc4Nc4cc(C(C)(C)C)cc(c42)N3)c1. The molecule has 0 fully saturated rings. The summed E-state index contributed by atoms with van der Waals surface area (Å²) in [6.07, 6.45) is 3.88. The Morgan fingerprint density at radius 2 is 1.05 bits per heavy atom. The highest BCUT2D eigenvalue weighted by atomic mass is 14.9. The minimum atomic E-state index is 0.0266. The van der Waals surface area contributed by atoms with Gasteiger partial charge >= 0.3 is 0 Å². The van der Waals surface area contributed by atoms with E-state index in [-0.39, 0.29) is 12.1 Å². The second-order valence-electron chi connectivity index (χ2n) is 13.8. The van der Waals surface area contributed by atoms with Crippen LogP contribution in [0.3, 0.4) is 0 Å². The zero-order valence-electron chi connectivity index (χ0n) is 26.2. The molecule has 0 spiro atoms. The molecule has 5 aromatic rings. The van der Waals surface area contributed by atoms with Crippen molar-refractivity contribution in [3.8, 4) is 22.5 Å². The molecular formula is C38H39BN4. The summed E-state index contributed by atoms with van der Waals surface area (Å²) in [5.74, 6) is 0.898. The Balaban J connectivity index is 1.43. The molecule has 0 aliphatic carbocycles. The van der Waals surface area contributed by atoms with Gasteiger partial charge in [-0.3, -0.25) is 9.97 Å². The normalized spacial score (nSPS) is 13.3. The fourth-order valence-electron chi connectivity index (χ4n) is 6.45. The first-order valence-electron chi connectivity index (χ1n) is 15.5. The molecule has 2 aliphatic rings. The van der Waals surface area contributed by atoms with E-state index in [1.807, 2.05) is 12.4 Å². The van der Waals surface area contributed by atoms with Gasteiger partial charge in [-0.05, 0) is 110 Å². The summed E-state index contributed by atoms with van der Waals surface area (Å²) in [6, 6.07) is 27.0. The van der Waals surface area contributed by atoms with E-state index in [9.17, 15) is 0 Å². The van der Waals surface area contributed by atoms with Crippen molar-refractivity contribution in [2.75, 3.05) is 10.6 Å². The van der Waals surface area contributed by atoms with Gasteiger partial charge in [-0.15, -0.1) is 0 Å². The Bertz CT molecular complexity index is 1760. The van der Waals surface area contributed by atoms with Gasteiger partial charge in [0, 0.05) is 35.1 Å². The number of benzene rings is 3. The lowest BCUT2D eigenvalue weighted by Gasteiger charge is -2.37. The molecule has 2 aromatic heterocycles. The van der Waals surface area contributed by atoms with Gasteiger partial charge in [0.15, 0.2) is 0 Å². The van der Waals surface area contributed by atoms with Crippen LogP contribution in [0.2, 0.25) is 0 Å². The van der Waals surface area contributed by atoms with E-state index >= 15 is 0 Å². The summed E-state index contributed by atoms with van der Waals surface area (Å²) in [5.41, 5.74) is 16.8. The van der Waals surface area contributed by atoms with Gasteiger partial charge in [0.1, 0.15) is 0 Å². The number of fused-ring (bicyclic) bond motifs is 4. The van der Waals surface area contributed by atoms with Crippen molar-refractivity contribution in [1.82, 2.24) is 9.97 Å². The fourth-order valence-corrected chi connectivity index (χ4v) is 6.45. The maximum absolute atomic E-state index is 4.79. The van der Waals surface area contributed by atoms with Crippen LogP contribution in [0.4, 0.5) is 22.7 Å². The molecule has 0 radical (unpaired) electrons. The highest BCUT2D eigenvalue weighted by Crippen LogP contribution is 2.36. The van der Waals surface area contributed by atoms with Gasteiger partial charge in [0.05, 0.1) is 11.4 Å². The Hall–Kier alpha value is -4.38. The zero-order valence-corrected chi connectivity index (χ0v) is 26.2. The molecule has 0 saturated heterocycles. The van der Waals surface area contributed by atoms with Gasteiger partial charge in [0.2, 0.25) is 0 Å². The molecule has 2 N–H and O–H groups in total. The maximum Gasteiger partial charge on any atom is 0.252 e. The second kappa shape index (κ2) is 10.1. The van der Waals surface area contributed by atoms with Gasteiger partial charge < -0.3 is 10.6 Å². The van der Waals surface area contributed by atoms with E-state index in [1.165, 1.54) is 44.5 Å². The monoisotopic (exact) mass is 562 g/mol. The quantitative estimate of drug-likeness (QED) is 0.214. The average Bonchev–Trinajstić information content (AvgIpc) is 3.00. The summed E-state index contributed by atoms with van der Waals surface area (Å²) in [6.45, 7) is 15.8. The van der Waals surface area contributed by atoms with Crippen molar-refractivity contribution < 1.29 is 0 Å². The minimum Gasteiger partial charge on any atom is -0.356 e.